The molecule has 65 heavy (non-hydrogen) atoms. The lowest BCUT2D eigenvalue weighted by molar-refractivity contribution is 0.673. The lowest BCUT2D eigenvalue weighted by Crippen LogP contribution is -2.10. The molecule has 3 heteroatoms. The summed E-state index contributed by atoms with van der Waals surface area (Å²) in [6, 6.07) is 87.7. The van der Waals surface area contributed by atoms with Gasteiger partial charge in [0.05, 0.1) is 16.7 Å². The van der Waals surface area contributed by atoms with Gasteiger partial charge in [0.25, 0.3) is 0 Å². The van der Waals surface area contributed by atoms with Crippen molar-refractivity contribution in [3.63, 3.8) is 0 Å². The van der Waals surface area contributed by atoms with Gasteiger partial charge in [-0.25, -0.2) is 0 Å². The second-order valence-electron chi connectivity index (χ2n) is 16.9. The van der Waals surface area contributed by atoms with Gasteiger partial charge in [-0.15, -0.1) is 0 Å². The highest BCUT2D eigenvalue weighted by atomic mass is 16.3. The Morgan fingerprint density at radius 3 is 1.62 bits per heavy atom. The molecule has 0 bridgehead atoms. The molecule has 0 saturated carbocycles. The molecule has 304 valence electrons. The Kier molecular flexibility index (Phi) is 8.53. The van der Waals surface area contributed by atoms with E-state index < -0.39 is 0 Å². The smallest absolute Gasteiger partial charge is 0.143 e. The van der Waals surface area contributed by atoms with Crippen molar-refractivity contribution < 1.29 is 4.42 Å². The second-order valence-corrected chi connectivity index (χ2v) is 16.9. The number of hydrogen-bond acceptors (Lipinski definition) is 2. The van der Waals surface area contributed by atoms with Crippen LogP contribution in [-0.2, 0) is 0 Å². The minimum absolute atomic E-state index is 0.893. The summed E-state index contributed by atoms with van der Waals surface area (Å²) in [6.45, 7) is 0. The maximum atomic E-state index is 6.58. The van der Waals surface area contributed by atoms with Crippen LogP contribution in [0.5, 0.6) is 0 Å². The SMILES string of the molecule is c1cc(-c2cccc3ccccc23)cc(N(c2ccc(-c3ccc4c(c3)oc3c5ccccc5ccc43)cc2)c2ccc(-c3ccccc3-n3c4ccccc4c4ccccc43)cc2)c1. The van der Waals surface area contributed by atoms with Crippen LogP contribution in [0.3, 0.4) is 0 Å². The molecule has 0 spiro atoms. The molecule has 0 unspecified atom stereocenters. The van der Waals surface area contributed by atoms with Crippen molar-refractivity contribution in [1.29, 1.82) is 0 Å². The van der Waals surface area contributed by atoms with Crippen LogP contribution in [-0.4, -0.2) is 4.57 Å². The molecule has 0 fully saturated rings. The number of benzene rings is 11. The number of nitrogens with zero attached hydrogens (tertiary/aromatic N) is 2. The Labute approximate surface area is 376 Å². The zero-order valence-electron chi connectivity index (χ0n) is 35.4. The zero-order chi connectivity index (χ0) is 42.8. The average Bonchev–Trinajstić information content (AvgIpc) is 3.93. The van der Waals surface area contributed by atoms with Crippen LogP contribution in [0.4, 0.5) is 17.1 Å². The summed E-state index contributed by atoms with van der Waals surface area (Å²) in [5, 5.41) is 9.57. The van der Waals surface area contributed by atoms with Gasteiger partial charge in [0.1, 0.15) is 11.2 Å². The number of rotatable bonds is 7. The van der Waals surface area contributed by atoms with Crippen molar-refractivity contribution in [2.75, 3.05) is 4.90 Å². The summed E-state index contributed by atoms with van der Waals surface area (Å²) >= 11 is 0. The van der Waals surface area contributed by atoms with Crippen LogP contribution < -0.4 is 4.90 Å². The monoisotopic (exact) mass is 828 g/mol. The molecule has 3 nitrogen and oxygen atoms in total. The molecule has 0 aliphatic heterocycles. The molecule has 0 radical (unpaired) electrons. The van der Waals surface area contributed by atoms with Crippen molar-refractivity contribution >= 4 is 82.4 Å². The van der Waals surface area contributed by atoms with Gasteiger partial charge in [-0.1, -0.05) is 170 Å². The Balaban J connectivity index is 0.915. The Hall–Kier alpha value is -8.66. The maximum absolute atomic E-state index is 6.58. The minimum atomic E-state index is 0.893. The van der Waals surface area contributed by atoms with Crippen LogP contribution in [0.15, 0.2) is 247 Å². The number of aromatic nitrogens is 1. The topological polar surface area (TPSA) is 21.3 Å². The fourth-order valence-electron chi connectivity index (χ4n) is 10.1. The molecular weight excluding hydrogens is 789 g/mol. The first kappa shape index (κ1) is 36.9. The Morgan fingerprint density at radius 2 is 0.862 bits per heavy atom. The van der Waals surface area contributed by atoms with Gasteiger partial charge in [-0.2, -0.15) is 0 Å². The normalized spacial score (nSPS) is 11.7. The lowest BCUT2D eigenvalue weighted by atomic mass is 9.97. The number of para-hydroxylation sites is 3. The van der Waals surface area contributed by atoms with E-state index in [-0.39, 0.29) is 0 Å². The van der Waals surface area contributed by atoms with Gasteiger partial charge >= 0.3 is 0 Å². The van der Waals surface area contributed by atoms with Crippen molar-refractivity contribution in [3.05, 3.63) is 243 Å². The van der Waals surface area contributed by atoms with E-state index in [1.165, 1.54) is 54.7 Å². The summed E-state index contributed by atoms with van der Waals surface area (Å²) in [6.07, 6.45) is 0. The van der Waals surface area contributed by atoms with Gasteiger partial charge < -0.3 is 13.9 Å². The van der Waals surface area contributed by atoms with Gasteiger partial charge in [0.15, 0.2) is 0 Å². The third-order valence-corrected chi connectivity index (χ3v) is 13.2. The summed E-state index contributed by atoms with van der Waals surface area (Å²) in [4.78, 5) is 2.37. The van der Waals surface area contributed by atoms with E-state index in [2.05, 4.69) is 252 Å². The molecule has 0 amide bonds. The predicted molar refractivity (Wildman–Crippen MR) is 274 cm³/mol. The molecule has 11 aromatic carbocycles. The van der Waals surface area contributed by atoms with Crippen molar-refractivity contribution in [1.82, 2.24) is 4.57 Å². The summed E-state index contributed by atoms with van der Waals surface area (Å²) in [5.74, 6) is 0. The number of anilines is 3. The molecule has 0 N–H and O–H groups in total. The number of fused-ring (bicyclic) bond motifs is 9. The zero-order valence-corrected chi connectivity index (χ0v) is 35.4. The van der Waals surface area contributed by atoms with Gasteiger partial charge in [0.2, 0.25) is 0 Å². The van der Waals surface area contributed by atoms with E-state index in [0.717, 1.165) is 66.8 Å². The van der Waals surface area contributed by atoms with E-state index in [9.17, 15) is 0 Å². The minimum Gasteiger partial charge on any atom is -0.455 e. The first-order valence-electron chi connectivity index (χ1n) is 22.2. The van der Waals surface area contributed by atoms with Crippen LogP contribution in [0.1, 0.15) is 0 Å². The molecule has 0 saturated heterocycles. The van der Waals surface area contributed by atoms with E-state index >= 15 is 0 Å². The van der Waals surface area contributed by atoms with E-state index in [1.54, 1.807) is 0 Å². The maximum Gasteiger partial charge on any atom is 0.143 e. The first-order chi connectivity index (χ1) is 32.2. The van der Waals surface area contributed by atoms with Gasteiger partial charge in [-0.3, -0.25) is 0 Å². The van der Waals surface area contributed by atoms with E-state index in [1.807, 2.05) is 0 Å². The molecular formula is C62H40N2O. The van der Waals surface area contributed by atoms with Crippen molar-refractivity contribution in [2.24, 2.45) is 0 Å². The fourth-order valence-corrected chi connectivity index (χ4v) is 10.1. The quantitative estimate of drug-likeness (QED) is 0.160. The molecule has 13 aromatic rings. The summed E-state index contributed by atoms with van der Waals surface area (Å²) in [5.41, 5.74) is 15.6. The van der Waals surface area contributed by atoms with Crippen LogP contribution >= 0.6 is 0 Å². The standard InChI is InChI=1S/C62H40N2O/c1-3-18-50-42(13-1)15-12-23-51(50)46-16-11-17-49(39-46)63(47-33-27-41(28-34-47)45-32-37-56-57-38-31-43-14-2-4-20-53(43)62(57)65-61(56)40-45)48-35-29-44(30-36-48)52-19-5-8-24-58(52)64-59-25-9-6-21-54(59)55-22-7-10-26-60(55)64/h1-40H. The summed E-state index contributed by atoms with van der Waals surface area (Å²) < 4.78 is 8.99. The molecule has 2 aromatic heterocycles. The number of furan rings is 1. The molecule has 0 atom stereocenters. The predicted octanol–water partition coefficient (Wildman–Crippen LogP) is 17.5. The van der Waals surface area contributed by atoms with Gasteiger partial charge in [-0.05, 0) is 117 Å². The first-order valence-corrected chi connectivity index (χ1v) is 22.2. The fraction of sp³-hybridized carbons (Fsp3) is 0. The molecule has 0 aliphatic rings. The van der Waals surface area contributed by atoms with Crippen molar-refractivity contribution in [3.8, 4) is 39.1 Å². The van der Waals surface area contributed by atoms with Crippen LogP contribution in [0, 0.1) is 0 Å². The van der Waals surface area contributed by atoms with E-state index in [4.69, 9.17) is 4.42 Å². The molecule has 13 rings (SSSR count). The Morgan fingerprint density at radius 1 is 0.308 bits per heavy atom. The Bertz CT molecular complexity index is 3890. The second kappa shape index (κ2) is 15.0. The highest BCUT2D eigenvalue weighted by molar-refractivity contribution is 6.15. The molecule has 2 heterocycles. The van der Waals surface area contributed by atoms with Crippen LogP contribution in [0.25, 0.3) is 104 Å². The third kappa shape index (κ3) is 6.12. The van der Waals surface area contributed by atoms with Crippen molar-refractivity contribution in [2.45, 2.75) is 0 Å². The largest absolute Gasteiger partial charge is 0.455 e. The van der Waals surface area contributed by atoms with E-state index in [0.29, 0.717) is 0 Å². The third-order valence-electron chi connectivity index (χ3n) is 13.2. The average molecular weight is 829 g/mol. The highest BCUT2D eigenvalue weighted by Crippen LogP contribution is 2.42. The highest BCUT2D eigenvalue weighted by Gasteiger charge is 2.19. The molecule has 0 aliphatic carbocycles. The number of hydrogen-bond donors (Lipinski definition) is 0. The summed E-state index contributed by atoms with van der Waals surface area (Å²) in [7, 11) is 0. The van der Waals surface area contributed by atoms with Gasteiger partial charge in [0, 0.05) is 49.6 Å². The van der Waals surface area contributed by atoms with Crippen LogP contribution in [0.2, 0.25) is 0 Å². The lowest BCUT2D eigenvalue weighted by Gasteiger charge is -2.27.